The van der Waals surface area contributed by atoms with Gasteiger partial charge in [-0.15, -0.1) is 0 Å². The van der Waals surface area contributed by atoms with Crippen molar-refractivity contribution in [1.29, 1.82) is 0 Å². The van der Waals surface area contributed by atoms with Crippen molar-refractivity contribution >= 4 is 39.1 Å². The molecule has 0 aliphatic carbocycles. The predicted molar refractivity (Wildman–Crippen MR) is 72.7 cm³/mol. The number of hydrogen-bond acceptors (Lipinski definition) is 4. The van der Waals surface area contributed by atoms with Gasteiger partial charge in [0.2, 0.25) is 0 Å². The van der Waals surface area contributed by atoms with Crippen LogP contribution in [0, 0.1) is 0 Å². The minimum absolute atomic E-state index is 0.793. The first-order valence-electron chi connectivity index (χ1n) is 5.15. The number of nitrogen functional groups attached to an aromatic ring is 1. The fourth-order valence-electron chi connectivity index (χ4n) is 1.40. The van der Waals surface area contributed by atoms with E-state index in [2.05, 4.69) is 19.8 Å². The zero-order valence-electron chi connectivity index (χ0n) is 9.69. The van der Waals surface area contributed by atoms with Crippen LogP contribution in [0.25, 0.3) is 10.7 Å². The first kappa shape index (κ1) is 11.9. The Bertz CT molecular complexity index is 488. The summed E-state index contributed by atoms with van der Waals surface area (Å²) in [5.41, 5.74) is 7.64. The second-order valence-electron chi connectivity index (χ2n) is 4.76. The molecule has 0 aromatic carbocycles. The van der Waals surface area contributed by atoms with Crippen molar-refractivity contribution in [1.82, 2.24) is 9.97 Å². The van der Waals surface area contributed by atoms with E-state index in [1.807, 2.05) is 17.5 Å². The molecule has 2 heterocycles. The summed E-state index contributed by atoms with van der Waals surface area (Å²) < 4.78 is 1.21. The Morgan fingerprint density at radius 2 is 2.00 bits per heavy atom. The summed E-state index contributed by atoms with van der Waals surface area (Å²) in [5.74, 6) is 0. The molecule has 2 rings (SSSR count). The third-order valence-electron chi connectivity index (χ3n) is 2.27. The number of pyridine rings is 1. The van der Waals surface area contributed by atoms with Crippen molar-refractivity contribution in [2.24, 2.45) is 0 Å². The fourth-order valence-corrected chi connectivity index (χ4v) is 5.01. The average Bonchev–Trinajstić information content (AvgIpc) is 2.68. The molecule has 0 saturated carbocycles. The van der Waals surface area contributed by atoms with Crippen LogP contribution < -0.4 is 9.44 Å². The Hall–Kier alpha value is -0.621. The van der Waals surface area contributed by atoms with Crippen LogP contribution in [0.2, 0.25) is 14.8 Å². The van der Waals surface area contributed by atoms with Crippen LogP contribution in [-0.4, -0.2) is 28.3 Å². The monoisotopic (exact) mass is 341 g/mol. The van der Waals surface area contributed by atoms with E-state index in [1.165, 1.54) is 3.71 Å². The van der Waals surface area contributed by atoms with Gasteiger partial charge in [0.05, 0.1) is 0 Å². The molecule has 0 amide bonds. The normalized spacial score (nSPS) is 11.7. The van der Waals surface area contributed by atoms with Crippen LogP contribution in [0.5, 0.6) is 0 Å². The van der Waals surface area contributed by atoms with Gasteiger partial charge in [0.1, 0.15) is 0 Å². The van der Waals surface area contributed by atoms with Gasteiger partial charge in [-0.25, -0.2) is 0 Å². The molecule has 84 valence electrons. The van der Waals surface area contributed by atoms with Crippen molar-refractivity contribution in [3.8, 4) is 10.7 Å². The number of anilines is 1. The van der Waals surface area contributed by atoms with E-state index < -0.39 is 18.4 Å². The molecule has 2 aromatic heterocycles. The van der Waals surface area contributed by atoms with Crippen LogP contribution in [-0.2, 0) is 0 Å². The quantitative estimate of drug-likeness (QED) is 0.854. The molecule has 5 heteroatoms. The SMILES string of the molecule is [CH3][Sn]([CH3])([CH3])[c]1cc(N)cc(-c2nccs2)n1. The van der Waals surface area contributed by atoms with Gasteiger partial charge in [0.25, 0.3) is 0 Å². The summed E-state index contributed by atoms with van der Waals surface area (Å²) in [5, 5.41) is 2.91. The molecule has 0 aliphatic rings. The average molecular weight is 340 g/mol. The molecule has 0 bridgehead atoms. The van der Waals surface area contributed by atoms with Gasteiger partial charge in [-0.2, -0.15) is 0 Å². The molecule has 0 radical (unpaired) electrons. The topological polar surface area (TPSA) is 51.8 Å². The van der Waals surface area contributed by atoms with Crippen LogP contribution in [0.15, 0.2) is 23.7 Å². The Labute approximate surface area is 104 Å². The van der Waals surface area contributed by atoms with E-state index in [0.29, 0.717) is 0 Å². The molecule has 2 aromatic rings. The van der Waals surface area contributed by atoms with E-state index >= 15 is 0 Å². The van der Waals surface area contributed by atoms with Crippen LogP contribution in [0.4, 0.5) is 5.69 Å². The molecule has 0 unspecified atom stereocenters. The summed E-state index contributed by atoms with van der Waals surface area (Å²) in [4.78, 5) is 16.0. The first-order chi connectivity index (χ1) is 7.47. The Morgan fingerprint density at radius 3 is 2.56 bits per heavy atom. The van der Waals surface area contributed by atoms with Crippen molar-refractivity contribution in [3.05, 3.63) is 23.7 Å². The zero-order valence-corrected chi connectivity index (χ0v) is 13.4. The molecular weight excluding hydrogens is 325 g/mol. The second kappa shape index (κ2) is 4.33. The van der Waals surface area contributed by atoms with E-state index in [9.17, 15) is 0 Å². The van der Waals surface area contributed by atoms with E-state index in [1.54, 1.807) is 17.5 Å². The Morgan fingerprint density at radius 1 is 1.25 bits per heavy atom. The maximum absolute atomic E-state index is 5.93. The number of nitrogens with zero attached hydrogens (tertiary/aromatic N) is 2. The molecule has 0 fully saturated rings. The van der Waals surface area contributed by atoms with Crippen LogP contribution in [0.1, 0.15) is 0 Å². The fraction of sp³-hybridized carbons (Fsp3) is 0.273. The molecule has 3 nitrogen and oxygen atoms in total. The van der Waals surface area contributed by atoms with Crippen molar-refractivity contribution in [2.75, 3.05) is 5.73 Å². The molecule has 0 spiro atoms. The maximum atomic E-state index is 5.93. The third-order valence-corrected chi connectivity index (χ3v) is 8.18. The van der Waals surface area contributed by atoms with Gasteiger partial charge >= 0.3 is 104 Å². The Kier molecular flexibility index (Phi) is 3.21. The van der Waals surface area contributed by atoms with Crippen molar-refractivity contribution in [2.45, 2.75) is 14.8 Å². The summed E-state index contributed by atoms with van der Waals surface area (Å²) in [7, 11) is 0. The summed E-state index contributed by atoms with van der Waals surface area (Å²) in [6.07, 6.45) is 1.80. The number of hydrogen-bond donors (Lipinski definition) is 1. The van der Waals surface area contributed by atoms with E-state index in [0.717, 1.165) is 16.4 Å². The molecule has 16 heavy (non-hydrogen) atoms. The standard InChI is InChI=1S/C8H6N3S.3CH3.Sn/c9-6-1-2-10-7(5-6)8-11-3-4-12-8;;;;/h1,3-5H,(H2,9,10);3*1H3;. The minimum atomic E-state index is -2.15. The molecule has 2 N–H and O–H groups in total. The van der Waals surface area contributed by atoms with Gasteiger partial charge in [-0.1, -0.05) is 0 Å². The zero-order chi connectivity index (χ0) is 11.8. The van der Waals surface area contributed by atoms with Crippen molar-refractivity contribution in [3.63, 3.8) is 0 Å². The number of nitrogens with two attached hydrogens (primary N) is 1. The first-order valence-corrected chi connectivity index (χ1v) is 16.0. The van der Waals surface area contributed by atoms with E-state index in [4.69, 9.17) is 10.7 Å². The molecular formula is C11H15N3SSn. The van der Waals surface area contributed by atoms with Gasteiger partial charge in [-0.05, 0) is 0 Å². The second-order valence-corrected chi connectivity index (χ2v) is 20.0. The molecule has 0 aliphatic heterocycles. The van der Waals surface area contributed by atoms with E-state index in [-0.39, 0.29) is 0 Å². The summed E-state index contributed by atoms with van der Waals surface area (Å²) >= 11 is -0.554. The van der Waals surface area contributed by atoms with Gasteiger partial charge < -0.3 is 0 Å². The van der Waals surface area contributed by atoms with Crippen LogP contribution in [0.3, 0.4) is 0 Å². The Balaban J connectivity index is 2.53. The predicted octanol–water partition coefficient (Wildman–Crippen LogP) is 2.33. The third kappa shape index (κ3) is 2.55. The van der Waals surface area contributed by atoms with Gasteiger partial charge in [-0.3, -0.25) is 0 Å². The van der Waals surface area contributed by atoms with Gasteiger partial charge in [0, 0.05) is 0 Å². The van der Waals surface area contributed by atoms with Gasteiger partial charge in [0.15, 0.2) is 0 Å². The number of thiazole rings is 1. The number of aromatic nitrogens is 2. The molecule has 0 saturated heterocycles. The summed E-state index contributed by atoms with van der Waals surface area (Å²) in [6, 6.07) is 3.92. The summed E-state index contributed by atoms with van der Waals surface area (Å²) in [6.45, 7) is 0. The number of rotatable bonds is 2. The van der Waals surface area contributed by atoms with Crippen molar-refractivity contribution < 1.29 is 0 Å². The van der Waals surface area contributed by atoms with Crippen LogP contribution >= 0.6 is 11.3 Å². The molecule has 0 atom stereocenters.